The van der Waals surface area contributed by atoms with Crippen molar-refractivity contribution < 1.29 is 4.74 Å². The normalized spacial score (nSPS) is 14.0. The van der Waals surface area contributed by atoms with Gasteiger partial charge < -0.3 is 10.5 Å². The third-order valence-corrected chi connectivity index (χ3v) is 3.50. The molecule has 1 aromatic carbocycles. The molecular weight excluding hydrogens is 250 g/mol. The zero-order valence-electron chi connectivity index (χ0n) is 12.4. The van der Waals surface area contributed by atoms with Crippen LogP contribution in [0, 0.1) is 0 Å². The Morgan fingerprint density at radius 1 is 1.20 bits per heavy atom. The summed E-state index contributed by atoms with van der Waals surface area (Å²) < 4.78 is 7.72. The molecule has 2 atom stereocenters. The van der Waals surface area contributed by atoms with E-state index in [2.05, 4.69) is 18.9 Å². The van der Waals surface area contributed by atoms with Crippen molar-refractivity contribution >= 4 is 0 Å². The Hall–Kier alpha value is -1.81. The predicted molar refractivity (Wildman–Crippen MR) is 80.6 cm³/mol. The Morgan fingerprint density at radius 2 is 1.90 bits per heavy atom. The average molecular weight is 273 g/mol. The van der Waals surface area contributed by atoms with Gasteiger partial charge in [-0.3, -0.25) is 4.68 Å². The van der Waals surface area contributed by atoms with E-state index in [-0.39, 0.29) is 6.04 Å². The Balaban J connectivity index is 1.93. The molecule has 0 aliphatic carbocycles. The maximum Gasteiger partial charge on any atom is 0.132 e. The van der Waals surface area contributed by atoms with Gasteiger partial charge in [0, 0.05) is 18.3 Å². The minimum Gasteiger partial charge on any atom is -0.487 e. The number of rotatable bonds is 6. The van der Waals surface area contributed by atoms with E-state index in [4.69, 9.17) is 10.5 Å². The topological polar surface area (TPSA) is 53.1 Å². The third-order valence-electron chi connectivity index (χ3n) is 3.50. The van der Waals surface area contributed by atoms with Crippen LogP contribution in [0.2, 0.25) is 0 Å². The smallest absolute Gasteiger partial charge is 0.132 e. The van der Waals surface area contributed by atoms with Gasteiger partial charge in [0.15, 0.2) is 0 Å². The van der Waals surface area contributed by atoms with Crippen molar-refractivity contribution in [1.82, 2.24) is 9.78 Å². The van der Waals surface area contributed by atoms with Gasteiger partial charge in [-0.1, -0.05) is 19.1 Å². The van der Waals surface area contributed by atoms with E-state index in [1.54, 1.807) is 0 Å². The van der Waals surface area contributed by atoms with Gasteiger partial charge >= 0.3 is 0 Å². The molecule has 1 heterocycles. The number of nitrogens with zero attached hydrogens (tertiary/aromatic N) is 2. The second kappa shape index (κ2) is 6.57. The Morgan fingerprint density at radius 3 is 2.50 bits per heavy atom. The highest BCUT2D eigenvalue weighted by atomic mass is 16.5. The minimum atomic E-state index is 0.0512. The molecule has 108 valence electrons. The van der Waals surface area contributed by atoms with Gasteiger partial charge in [-0.2, -0.15) is 5.10 Å². The first kappa shape index (κ1) is 14.6. The third kappa shape index (κ3) is 3.61. The molecule has 4 nitrogen and oxygen atoms in total. The maximum atomic E-state index is 5.82. The molecule has 1 aromatic heterocycles. The highest BCUT2D eigenvalue weighted by Crippen LogP contribution is 2.17. The number of nitrogens with two attached hydrogens (primary N) is 1. The maximum absolute atomic E-state index is 5.82. The first-order valence-corrected chi connectivity index (χ1v) is 7.12. The lowest BCUT2D eigenvalue weighted by Gasteiger charge is -2.09. The highest BCUT2D eigenvalue weighted by molar-refractivity contribution is 5.28. The van der Waals surface area contributed by atoms with Gasteiger partial charge in [0.1, 0.15) is 12.4 Å². The van der Waals surface area contributed by atoms with E-state index >= 15 is 0 Å². The summed E-state index contributed by atoms with van der Waals surface area (Å²) in [7, 11) is 0. The molecular formula is C16H23N3O. The molecule has 0 bridgehead atoms. The molecule has 0 fully saturated rings. The predicted octanol–water partition coefficient (Wildman–Crippen LogP) is 3.45. The summed E-state index contributed by atoms with van der Waals surface area (Å²) in [4.78, 5) is 0. The van der Waals surface area contributed by atoms with Crippen molar-refractivity contribution in [3.05, 3.63) is 47.8 Å². The standard InChI is InChI=1S/C16H23N3O/c1-4-12(2)19-10-9-15(18-19)11-20-16-7-5-14(6-8-16)13(3)17/h5-10,12-13H,4,11,17H2,1-3H3/t12?,13-/m0/s1. The molecule has 0 aliphatic heterocycles. The lowest BCUT2D eigenvalue weighted by atomic mass is 10.1. The van der Waals surface area contributed by atoms with Crippen LogP contribution in [0.25, 0.3) is 0 Å². The first-order valence-electron chi connectivity index (χ1n) is 7.12. The SMILES string of the molecule is CCC(C)n1ccc(COc2ccc([C@H](C)N)cc2)n1. The molecule has 0 spiro atoms. The molecule has 1 unspecified atom stereocenters. The molecule has 0 saturated heterocycles. The van der Waals surface area contributed by atoms with Crippen molar-refractivity contribution in [3.8, 4) is 5.75 Å². The van der Waals surface area contributed by atoms with Crippen molar-refractivity contribution in [2.75, 3.05) is 0 Å². The largest absolute Gasteiger partial charge is 0.487 e. The van der Waals surface area contributed by atoms with E-state index in [1.807, 2.05) is 48.1 Å². The van der Waals surface area contributed by atoms with Crippen LogP contribution in [0.5, 0.6) is 5.75 Å². The molecule has 2 N–H and O–H groups in total. The summed E-state index contributed by atoms with van der Waals surface area (Å²) in [5.41, 5.74) is 7.87. The zero-order valence-corrected chi connectivity index (χ0v) is 12.4. The van der Waals surface area contributed by atoms with Crippen LogP contribution < -0.4 is 10.5 Å². The monoisotopic (exact) mass is 273 g/mol. The van der Waals surface area contributed by atoms with E-state index in [0.29, 0.717) is 12.6 Å². The van der Waals surface area contributed by atoms with Crippen LogP contribution >= 0.6 is 0 Å². The fraction of sp³-hybridized carbons (Fsp3) is 0.438. The molecule has 0 amide bonds. The van der Waals surface area contributed by atoms with Crippen LogP contribution in [-0.2, 0) is 6.61 Å². The highest BCUT2D eigenvalue weighted by Gasteiger charge is 2.05. The lowest BCUT2D eigenvalue weighted by Crippen LogP contribution is -2.06. The van der Waals surface area contributed by atoms with Gasteiger partial charge in [0.25, 0.3) is 0 Å². The van der Waals surface area contributed by atoms with Crippen LogP contribution in [0.3, 0.4) is 0 Å². The fourth-order valence-electron chi connectivity index (χ4n) is 1.91. The van der Waals surface area contributed by atoms with Gasteiger partial charge in [0.05, 0.1) is 5.69 Å². The van der Waals surface area contributed by atoms with Crippen molar-refractivity contribution in [1.29, 1.82) is 0 Å². The summed E-state index contributed by atoms with van der Waals surface area (Å²) in [6, 6.07) is 10.4. The van der Waals surface area contributed by atoms with Crippen LogP contribution in [-0.4, -0.2) is 9.78 Å². The van der Waals surface area contributed by atoms with Crippen molar-refractivity contribution in [2.45, 2.75) is 45.9 Å². The summed E-state index contributed by atoms with van der Waals surface area (Å²) in [6.45, 7) is 6.77. The van der Waals surface area contributed by atoms with E-state index < -0.39 is 0 Å². The molecule has 20 heavy (non-hydrogen) atoms. The lowest BCUT2D eigenvalue weighted by molar-refractivity contribution is 0.298. The molecule has 0 saturated carbocycles. The van der Waals surface area contributed by atoms with Gasteiger partial charge in [-0.05, 0) is 44.0 Å². The number of hydrogen-bond donors (Lipinski definition) is 1. The van der Waals surface area contributed by atoms with E-state index in [9.17, 15) is 0 Å². The average Bonchev–Trinajstić information content (AvgIpc) is 2.93. The second-order valence-electron chi connectivity index (χ2n) is 5.19. The minimum absolute atomic E-state index is 0.0512. The van der Waals surface area contributed by atoms with Crippen molar-refractivity contribution in [3.63, 3.8) is 0 Å². The zero-order chi connectivity index (χ0) is 14.5. The van der Waals surface area contributed by atoms with E-state index in [1.165, 1.54) is 0 Å². The molecule has 4 heteroatoms. The number of aromatic nitrogens is 2. The van der Waals surface area contributed by atoms with Crippen LogP contribution in [0.4, 0.5) is 0 Å². The molecule has 2 rings (SSSR count). The van der Waals surface area contributed by atoms with Gasteiger partial charge in [-0.25, -0.2) is 0 Å². The second-order valence-corrected chi connectivity index (χ2v) is 5.19. The first-order chi connectivity index (χ1) is 9.60. The Bertz CT molecular complexity index is 531. The number of hydrogen-bond acceptors (Lipinski definition) is 3. The summed E-state index contributed by atoms with van der Waals surface area (Å²) in [5.74, 6) is 0.840. The molecule has 2 aromatic rings. The van der Waals surface area contributed by atoms with Crippen LogP contribution in [0.1, 0.15) is 50.5 Å². The van der Waals surface area contributed by atoms with Crippen molar-refractivity contribution in [2.24, 2.45) is 5.73 Å². The van der Waals surface area contributed by atoms with Gasteiger partial charge in [-0.15, -0.1) is 0 Å². The summed E-state index contributed by atoms with van der Waals surface area (Å²) in [5, 5.41) is 4.51. The van der Waals surface area contributed by atoms with Crippen LogP contribution in [0.15, 0.2) is 36.5 Å². The van der Waals surface area contributed by atoms with E-state index in [0.717, 1.165) is 23.4 Å². The number of benzene rings is 1. The Kier molecular flexibility index (Phi) is 4.79. The fourth-order valence-corrected chi connectivity index (χ4v) is 1.91. The Labute approximate surface area is 120 Å². The number of ether oxygens (including phenoxy) is 1. The van der Waals surface area contributed by atoms with Gasteiger partial charge in [0.2, 0.25) is 0 Å². The quantitative estimate of drug-likeness (QED) is 0.877. The molecule has 0 radical (unpaired) electrons. The molecule has 0 aliphatic rings. The summed E-state index contributed by atoms with van der Waals surface area (Å²) >= 11 is 0. The summed E-state index contributed by atoms with van der Waals surface area (Å²) in [6.07, 6.45) is 3.08.